The van der Waals surface area contributed by atoms with Crippen molar-refractivity contribution in [1.82, 2.24) is 0 Å². The summed E-state index contributed by atoms with van der Waals surface area (Å²) in [6.45, 7) is 2.70. The lowest BCUT2D eigenvalue weighted by atomic mass is 10.1. The zero-order valence-electron chi connectivity index (χ0n) is 17.8. The van der Waals surface area contributed by atoms with Crippen LogP contribution in [0.3, 0.4) is 0 Å². The average molecular weight is 389 g/mol. The second kappa shape index (κ2) is 17.3. The zero-order valence-corrected chi connectivity index (χ0v) is 17.8. The predicted octanol–water partition coefficient (Wildman–Crippen LogP) is 7.59. The van der Waals surface area contributed by atoms with Gasteiger partial charge in [0.2, 0.25) is 0 Å². The molecule has 0 spiro atoms. The van der Waals surface area contributed by atoms with Gasteiger partial charge in [-0.2, -0.15) is 0 Å². The highest BCUT2D eigenvalue weighted by Crippen LogP contribution is 2.13. The Kier molecular flexibility index (Phi) is 15.0. The van der Waals surface area contributed by atoms with E-state index in [1.54, 1.807) is 12.1 Å². The molecule has 0 aliphatic rings. The van der Waals surface area contributed by atoms with E-state index in [0.29, 0.717) is 12.2 Å². The number of rotatable bonds is 17. The molecule has 0 fully saturated rings. The third-order valence-corrected chi connectivity index (χ3v) is 4.97. The quantitative estimate of drug-likeness (QED) is 0.170. The number of aromatic hydroxyl groups is 1. The molecule has 1 N–H and O–H groups in total. The van der Waals surface area contributed by atoms with Gasteiger partial charge in [0.1, 0.15) is 5.75 Å². The minimum atomic E-state index is -0.308. The van der Waals surface area contributed by atoms with Gasteiger partial charge in [-0.05, 0) is 49.9 Å². The Labute approximate surface area is 172 Å². The summed E-state index contributed by atoms with van der Waals surface area (Å²) in [4.78, 5) is 11.8. The second-order valence-electron chi connectivity index (χ2n) is 7.62. The number of phenols is 1. The molecular formula is C25H40O3. The van der Waals surface area contributed by atoms with E-state index in [1.807, 2.05) is 0 Å². The van der Waals surface area contributed by atoms with E-state index >= 15 is 0 Å². The second-order valence-corrected chi connectivity index (χ2v) is 7.62. The molecule has 1 aromatic carbocycles. The van der Waals surface area contributed by atoms with E-state index in [2.05, 4.69) is 19.1 Å². The van der Waals surface area contributed by atoms with Crippen molar-refractivity contribution in [3.8, 4) is 5.75 Å². The van der Waals surface area contributed by atoms with Crippen molar-refractivity contribution >= 4 is 5.97 Å². The van der Waals surface area contributed by atoms with Gasteiger partial charge in [-0.15, -0.1) is 0 Å². The maximum atomic E-state index is 11.8. The molecule has 158 valence electrons. The summed E-state index contributed by atoms with van der Waals surface area (Å²) < 4.78 is 5.26. The van der Waals surface area contributed by atoms with Crippen LogP contribution in [-0.2, 0) is 4.74 Å². The van der Waals surface area contributed by atoms with Crippen molar-refractivity contribution in [2.75, 3.05) is 6.61 Å². The fourth-order valence-electron chi connectivity index (χ4n) is 3.20. The lowest BCUT2D eigenvalue weighted by Crippen LogP contribution is -2.06. The Morgan fingerprint density at radius 2 is 1.29 bits per heavy atom. The minimum absolute atomic E-state index is 0.159. The number of carbonyl (C=O) groups is 1. The Balaban J connectivity index is 1.81. The fraction of sp³-hybridized carbons (Fsp3) is 0.640. The number of hydrogen-bond acceptors (Lipinski definition) is 3. The van der Waals surface area contributed by atoms with E-state index < -0.39 is 0 Å². The molecule has 0 saturated carbocycles. The van der Waals surface area contributed by atoms with Crippen LogP contribution in [0.1, 0.15) is 107 Å². The van der Waals surface area contributed by atoms with Crippen LogP contribution in [0.25, 0.3) is 0 Å². The third kappa shape index (κ3) is 13.4. The van der Waals surface area contributed by atoms with Gasteiger partial charge < -0.3 is 9.84 Å². The van der Waals surface area contributed by atoms with Crippen LogP contribution in [0.2, 0.25) is 0 Å². The fourth-order valence-corrected chi connectivity index (χ4v) is 3.20. The van der Waals surface area contributed by atoms with Crippen LogP contribution >= 0.6 is 0 Å². The summed E-state index contributed by atoms with van der Waals surface area (Å²) in [6.07, 6.45) is 22.5. The number of benzene rings is 1. The molecule has 0 radical (unpaired) electrons. The van der Waals surface area contributed by atoms with Crippen LogP contribution in [0.15, 0.2) is 36.4 Å². The van der Waals surface area contributed by atoms with Crippen molar-refractivity contribution < 1.29 is 14.6 Å². The topological polar surface area (TPSA) is 46.5 Å². The maximum absolute atomic E-state index is 11.8. The van der Waals surface area contributed by atoms with E-state index in [1.165, 1.54) is 89.2 Å². The number of ether oxygens (including phenoxy) is 1. The first kappa shape index (κ1) is 24.3. The first-order chi connectivity index (χ1) is 13.7. The molecular weight excluding hydrogens is 348 g/mol. The summed E-state index contributed by atoms with van der Waals surface area (Å²) in [5.41, 5.74) is 0.491. The molecule has 3 nitrogen and oxygen atoms in total. The molecule has 28 heavy (non-hydrogen) atoms. The van der Waals surface area contributed by atoms with Gasteiger partial charge in [0.05, 0.1) is 12.2 Å². The van der Waals surface area contributed by atoms with Crippen LogP contribution in [0, 0.1) is 0 Å². The first-order valence-electron chi connectivity index (χ1n) is 11.3. The summed E-state index contributed by atoms with van der Waals surface area (Å²) >= 11 is 0. The highest BCUT2D eigenvalue weighted by atomic mass is 16.5. The number of unbranched alkanes of at least 4 members (excludes halogenated alkanes) is 12. The molecule has 0 bridgehead atoms. The van der Waals surface area contributed by atoms with Crippen molar-refractivity contribution in [2.24, 2.45) is 0 Å². The molecule has 0 saturated heterocycles. The molecule has 0 heterocycles. The number of esters is 1. The maximum Gasteiger partial charge on any atom is 0.338 e. The standard InChI is InChI=1S/C25H40O3/c1-2-3-4-5-6-7-8-9-10-11-12-13-14-15-16-17-22-28-25(27)23-18-20-24(26)21-19-23/h4-5,18-21,26H,2-3,6-17,22H2,1H3/b5-4+. The first-order valence-corrected chi connectivity index (χ1v) is 11.3. The highest BCUT2D eigenvalue weighted by molar-refractivity contribution is 5.89. The SMILES string of the molecule is CCC/C=C/CCCCCCCCCCCCCOC(=O)c1ccc(O)cc1. The largest absolute Gasteiger partial charge is 0.508 e. The van der Waals surface area contributed by atoms with Crippen molar-refractivity contribution in [1.29, 1.82) is 0 Å². The number of allylic oxidation sites excluding steroid dienone is 2. The molecule has 0 amide bonds. The van der Waals surface area contributed by atoms with Gasteiger partial charge >= 0.3 is 5.97 Å². The molecule has 1 rings (SSSR count). The molecule has 0 unspecified atom stereocenters. The van der Waals surface area contributed by atoms with Gasteiger partial charge in [0.15, 0.2) is 0 Å². The highest BCUT2D eigenvalue weighted by Gasteiger charge is 2.06. The lowest BCUT2D eigenvalue weighted by molar-refractivity contribution is 0.0497. The minimum Gasteiger partial charge on any atom is -0.508 e. The average Bonchev–Trinajstić information content (AvgIpc) is 2.70. The van der Waals surface area contributed by atoms with Crippen molar-refractivity contribution in [2.45, 2.75) is 96.8 Å². The predicted molar refractivity (Wildman–Crippen MR) is 118 cm³/mol. The van der Waals surface area contributed by atoms with Gasteiger partial charge in [-0.3, -0.25) is 0 Å². The Morgan fingerprint density at radius 3 is 1.86 bits per heavy atom. The van der Waals surface area contributed by atoms with E-state index in [9.17, 15) is 9.90 Å². The lowest BCUT2D eigenvalue weighted by Gasteiger charge is -2.05. The molecule has 3 heteroatoms. The smallest absolute Gasteiger partial charge is 0.338 e. The number of carbonyl (C=O) groups excluding carboxylic acids is 1. The Bertz CT molecular complexity index is 519. The van der Waals surface area contributed by atoms with Crippen molar-refractivity contribution in [3.05, 3.63) is 42.0 Å². The van der Waals surface area contributed by atoms with Crippen LogP contribution in [-0.4, -0.2) is 17.7 Å². The van der Waals surface area contributed by atoms with Crippen LogP contribution in [0.4, 0.5) is 0 Å². The van der Waals surface area contributed by atoms with E-state index in [-0.39, 0.29) is 11.7 Å². The number of hydrogen-bond donors (Lipinski definition) is 1. The van der Waals surface area contributed by atoms with Crippen LogP contribution in [0.5, 0.6) is 5.75 Å². The molecule has 0 aromatic heterocycles. The molecule has 1 aromatic rings. The van der Waals surface area contributed by atoms with Gasteiger partial charge in [0.25, 0.3) is 0 Å². The van der Waals surface area contributed by atoms with E-state index in [4.69, 9.17) is 4.74 Å². The summed E-state index contributed by atoms with van der Waals surface area (Å²) in [5, 5.41) is 9.22. The van der Waals surface area contributed by atoms with E-state index in [0.717, 1.165) is 12.8 Å². The third-order valence-electron chi connectivity index (χ3n) is 4.97. The summed E-state index contributed by atoms with van der Waals surface area (Å²) in [7, 11) is 0. The summed E-state index contributed by atoms with van der Waals surface area (Å²) in [6, 6.07) is 6.18. The summed E-state index contributed by atoms with van der Waals surface area (Å²) in [5.74, 6) is -0.149. The van der Waals surface area contributed by atoms with Crippen molar-refractivity contribution in [3.63, 3.8) is 0 Å². The molecule has 0 aliphatic carbocycles. The Morgan fingerprint density at radius 1 is 0.786 bits per heavy atom. The zero-order chi connectivity index (χ0) is 20.3. The molecule has 0 aliphatic heterocycles. The van der Waals surface area contributed by atoms with Gasteiger partial charge in [-0.25, -0.2) is 4.79 Å². The van der Waals surface area contributed by atoms with Gasteiger partial charge in [-0.1, -0.05) is 83.3 Å². The monoisotopic (exact) mass is 388 g/mol. The normalized spacial score (nSPS) is 11.2. The van der Waals surface area contributed by atoms with Gasteiger partial charge in [0, 0.05) is 0 Å². The Hall–Kier alpha value is -1.77. The number of phenolic OH excluding ortho intramolecular Hbond substituents is 1. The van der Waals surface area contributed by atoms with Crippen LogP contribution < -0.4 is 0 Å². The molecule has 0 atom stereocenters.